The minimum atomic E-state index is -0.164. The number of benzene rings is 1. The van der Waals surface area contributed by atoms with E-state index in [4.69, 9.17) is 9.47 Å². The molecule has 0 heterocycles. The quantitative estimate of drug-likeness (QED) is 0.838. The molecule has 0 aromatic heterocycles. The molecule has 1 amide bonds. The number of Topliss-reactive ketones (excluding diaryl/α,β-unsaturated/α-hetero) is 1. The van der Waals surface area contributed by atoms with E-state index in [-0.39, 0.29) is 11.7 Å². The summed E-state index contributed by atoms with van der Waals surface area (Å²) in [6.45, 7) is 3.99. The summed E-state index contributed by atoms with van der Waals surface area (Å²) in [5.41, 5.74) is 2.58. The summed E-state index contributed by atoms with van der Waals surface area (Å²) in [5.74, 6) is 0.799. The van der Waals surface area contributed by atoms with Crippen LogP contribution in [0.15, 0.2) is 17.8 Å². The molecule has 1 aromatic carbocycles. The number of hydrogen-bond donors (Lipinski definition) is 1. The number of allylic oxidation sites excluding steroid dienone is 2. The lowest BCUT2D eigenvalue weighted by Gasteiger charge is -2.10. The number of ether oxygens (including phenoxy) is 2. The van der Waals surface area contributed by atoms with E-state index in [1.54, 1.807) is 19.2 Å². The van der Waals surface area contributed by atoms with Crippen molar-refractivity contribution in [3.8, 4) is 11.5 Å². The Bertz CT molecular complexity index is 661. The summed E-state index contributed by atoms with van der Waals surface area (Å²) in [5, 5.41) is 2.80. The molecule has 0 saturated carbocycles. The van der Waals surface area contributed by atoms with Crippen LogP contribution >= 0.6 is 0 Å². The van der Waals surface area contributed by atoms with Gasteiger partial charge in [-0.15, -0.1) is 0 Å². The molecule has 0 aliphatic heterocycles. The first kappa shape index (κ1) is 17.1. The zero-order chi connectivity index (χ0) is 17.0. The lowest BCUT2D eigenvalue weighted by atomic mass is 10.0. The van der Waals surface area contributed by atoms with Crippen molar-refractivity contribution < 1.29 is 19.1 Å². The molecule has 0 fully saturated rings. The van der Waals surface area contributed by atoms with Gasteiger partial charge in [0.05, 0.1) is 19.9 Å². The van der Waals surface area contributed by atoms with E-state index in [2.05, 4.69) is 5.32 Å². The van der Waals surface area contributed by atoms with Crippen LogP contribution in [0.3, 0.4) is 0 Å². The first-order valence-electron chi connectivity index (χ1n) is 7.91. The fraction of sp³-hybridized carbons (Fsp3) is 0.444. The molecule has 0 spiro atoms. The zero-order valence-electron chi connectivity index (χ0n) is 14.1. The molecule has 0 atom stereocenters. The van der Waals surface area contributed by atoms with E-state index >= 15 is 0 Å². The highest BCUT2D eigenvalue weighted by molar-refractivity contribution is 6.22. The monoisotopic (exact) mass is 317 g/mol. The molecule has 5 heteroatoms. The number of unbranched alkanes of at least 4 members (excludes halogenated alkanes) is 1. The Morgan fingerprint density at radius 3 is 2.22 bits per heavy atom. The molecular formula is C18H23NO4. The van der Waals surface area contributed by atoms with E-state index in [1.807, 2.05) is 13.8 Å². The van der Waals surface area contributed by atoms with E-state index in [0.717, 1.165) is 24.0 Å². The summed E-state index contributed by atoms with van der Waals surface area (Å²) in [6, 6.07) is 3.48. The molecule has 1 aliphatic carbocycles. The van der Waals surface area contributed by atoms with Crippen molar-refractivity contribution in [3.63, 3.8) is 0 Å². The maximum Gasteiger partial charge on any atom is 0.224 e. The minimum Gasteiger partial charge on any atom is -0.493 e. The zero-order valence-corrected chi connectivity index (χ0v) is 14.1. The molecule has 5 nitrogen and oxygen atoms in total. The van der Waals surface area contributed by atoms with Crippen molar-refractivity contribution in [3.05, 3.63) is 29.0 Å². The third-order valence-corrected chi connectivity index (χ3v) is 4.00. The van der Waals surface area contributed by atoms with Crippen LogP contribution < -0.4 is 14.8 Å². The number of methoxy groups -OCH3 is 2. The first-order chi connectivity index (χ1) is 11.1. The first-order valence-corrected chi connectivity index (χ1v) is 7.91. The van der Waals surface area contributed by atoms with Crippen LogP contribution in [0.1, 0.15) is 55.5 Å². The van der Waals surface area contributed by atoms with Gasteiger partial charge in [-0.3, -0.25) is 9.59 Å². The van der Waals surface area contributed by atoms with Crippen LogP contribution in [-0.2, 0) is 4.79 Å². The molecule has 23 heavy (non-hydrogen) atoms. The van der Waals surface area contributed by atoms with Gasteiger partial charge in [0.2, 0.25) is 11.7 Å². The molecular weight excluding hydrogens is 294 g/mol. The number of rotatable bonds is 7. The van der Waals surface area contributed by atoms with Gasteiger partial charge in [-0.1, -0.05) is 20.3 Å². The van der Waals surface area contributed by atoms with Crippen molar-refractivity contribution >= 4 is 17.3 Å². The Morgan fingerprint density at radius 1 is 1.09 bits per heavy atom. The summed E-state index contributed by atoms with van der Waals surface area (Å²) in [4.78, 5) is 24.7. The van der Waals surface area contributed by atoms with Crippen LogP contribution in [0.4, 0.5) is 0 Å². The maximum absolute atomic E-state index is 12.7. The van der Waals surface area contributed by atoms with Crippen LogP contribution in [-0.4, -0.2) is 25.9 Å². The number of carbonyl (C=O) groups is 2. The molecule has 1 aliphatic rings. The largest absolute Gasteiger partial charge is 0.493 e. The second-order valence-electron chi connectivity index (χ2n) is 5.44. The van der Waals surface area contributed by atoms with Gasteiger partial charge >= 0.3 is 0 Å². The number of carbonyl (C=O) groups excluding carboxylic acids is 2. The minimum absolute atomic E-state index is 0.118. The van der Waals surface area contributed by atoms with Gasteiger partial charge < -0.3 is 14.8 Å². The lowest BCUT2D eigenvalue weighted by molar-refractivity contribution is -0.120. The Labute approximate surface area is 136 Å². The summed E-state index contributed by atoms with van der Waals surface area (Å²) < 4.78 is 10.6. The van der Waals surface area contributed by atoms with Gasteiger partial charge in [-0.2, -0.15) is 0 Å². The number of hydrogen-bond acceptors (Lipinski definition) is 4. The number of fused-ring (bicyclic) bond motifs is 1. The number of ketones is 1. The number of nitrogens with one attached hydrogen (secondary N) is 1. The highest BCUT2D eigenvalue weighted by Gasteiger charge is 2.31. The average Bonchev–Trinajstić information content (AvgIpc) is 2.82. The molecule has 2 rings (SSSR count). The standard InChI is InChI=1S/C18H23NO4/c1-5-7-8-16(20)19-17-11(6-2)12-9-14(22-3)15(23-4)10-13(12)18(17)21/h9-10H,5-8H2,1-4H3,(H,19,20,21). The van der Waals surface area contributed by atoms with E-state index < -0.39 is 0 Å². The summed E-state index contributed by atoms with van der Waals surface area (Å²) >= 11 is 0. The third-order valence-electron chi connectivity index (χ3n) is 4.00. The predicted molar refractivity (Wildman–Crippen MR) is 88.8 cm³/mol. The molecule has 1 N–H and O–H groups in total. The fourth-order valence-electron chi connectivity index (χ4n) is 2.76. The van der Waals surface area contributed by atoms with Crippen molar-refractivity contribution in [2.75, 3.05) is 14.2 Å². The van der Waals surface area contributed by atoms with Gasteiger partial charge in [0.25, 0.3) is 0 Å². The van der Waals surface area contributed by atoms with E-state index in [1.165, 1.54) is 7.11 Å². The number of amides is 1. The van der Waals surface area contributed by atoms with E-state index in [0.29, 0.717) is 35.6 Å². The van der Waals surface area contributed by atoms with Crippen molar-refractivity contribution in [1.82, 2.24) is 5.32 Å². The van der Waals surface area contributed by atoms with Crippen molar-refractivity contribution in [2.24, 2.45) is 0 Å². The van der Waals surface area contributed by atoms with Crippen LogP contribution in [0, 0.1) is 0 Å². The second kappa shape index (κ2) is 7.31. The lowest BCUT2D eigenvalue weighted by Crippen LogP contribution is -2.26. The molecule has 124 valence electrons. The normalized spacial score (nSPS) is 13.1. The summed E-state index contributed by atoms with van der Waals surface area (Å²) in [7, 11) is 3.09. The van der Waals surface area contributed by atoms with Crippen LogP contribution in [0.25, 0.3) is 5.57 Å². The Morgan fingerprint density at radius 2 is 1.70 bits per heavy atom. The topological polar surface area (TPSA) is 64.6 Å². The summed E-state index contributed by atoms with van der Waals surface area (Å²) in [6.07, 6.45) is 2.82. The SMILES string of the molecule is CCCCC(=O)NC1=C(CC)c2cc(OC)c(OC)cc2C1=O. The third kappa shape index (κ3) is 3.23. The predicted octanol–water partition coefficient (Wildman–Crippen LogP) is 3.33. The van der Waals surface area contributed by atoms with Crippen molar-refractivity contribution in [2.45, 2.75) is 39.5 Å². The van der Waals surface area contributed by atoms with Crippen LogP contribution in [0.2, 0.25) is 0 Å². The Hall–Kier alpha value is -2.30. The highest BCUT2D eigenvalue weighted by Crippen LogP contribution is 2.40. The van der Waals surface area contributed by atoms with Crippen LogP contribution in [0.5, 0.6) is 11.5 Å². The molecule has 0 saturated heterocycles. The molecule has 0 bridgehead atoms. The second-order valence-corrected chi connectivity index (χ2v) is 5.44. The van der Waals surface area contributed by atoms with Gasteiger partial charge in [0.15, 0.2) is 11.5 Å². The Kier molecular flexibility index (Phi) is 5.42. The average molecular weight is 317 g/mol. The van der Waals surface area contributed by atoms with E-state index in [9.17, 15) is 9.59 Å². The molecule has 0 radical (unpaired) electrons. The Balaban J connectivity index is 2.39. The highest BCUT2D eigenvalue weighted by atomic mass is 16.5. The van der Waals surface area contributed by atoms with Gasteiger partial charge in [0, 0.05) is 12.0 Å². The molecule has 1 aromatic rings. The fourth-order valence-corrected chi connectivity index (χ4v) is 2.76. The van der Waals surface area contributed by atoms with Gasteiger partial charge in [-0.05, 0) is 36.1 Å². The van der Waals surface area contributed by atoms with Gasteiger partial charge in [0.1, 0.15) is 0 Å². The molecule has 0 unspecified atom stereocenters. The van der Waals surface area contributed by atoms with Gasteiger partial charge in [-0.25, -0.2) is 0 Å². The maximum atomic E-state index is 12.7. The smallest absolute Gasteiger partial charge is 0.224 e. The van der Waals surface area contributed by atoms with Crippen molar-refractivity contribution in [1.29, 1.82) is 0 Å².